The quantitative estimate of drug-likeness (QED) is 0.422. The summed E-state index contributed by atoms with van der Waals surface area (Å²) in [4.78, 5) is 54.6. The lowest BCUT2D eigenvalue weighted by Crippen LogP contribution is -2.52. The minimum Gasteiger partial charge on any atom is -0.494 e. The van der Waals surface area contributed by atoms with Gasteiger partial charge in [0.1, 0.15) is 17.8 Å². The fourth-order valence-electron chi connectivity index (χ4n) is 5.77. The summed E-state index contributed by atoms with van der Waals surface area (Å²) < 4.78 is 7.77. The maximum atomic E-state index is 13.7. The average molecular weight is 601 g/mol. The summed E-state index contributed by atoms with van der Waals surface area (Å²) in [5.41, 5.74) is 3.40. The highest BCUT2D eigenvalue weighted by atomic mass is 16.5. The highest BCUT2D eigenvalue weighted by molar-refractivity contribution is 5.95. The van der Waals surface area contributed by atoms with E-state index in [1.54, 1.807) is 22.0 Å². The first kappa shape index (κ1) is 30.8. The zero-order valence-corrected chi connectivity index (χ0v) is 25.3. The minimum atomic E-state index is -1.14. The summed E-state index contributed by atoms with van der Waals surface area (Å²) >= 11 is 0. The third-order valence-corrected chi connectivity index (χ3v) is 8.24. The number of nitrogens with one attached hydrogen (secondary N) is 3. The molecule has 4 bridgehead atoms. The second-order valence-electron chi connectivity index (χ2n) is 11.6. The fourth-order valence-corrected chi connectivity index (χ4v) is 5.77. The summed E-state index contributed by atoms with van der Waals surface area (Å²) in [6, 6.07) is 13.3. The SMILES string of the molecule is CC(=O)N[C@H]1CC(=O)N2CCCC(CCOc3ccc(C)c(c3)CNC(=O)C(c3cnn(Cc4ccccc4)c3)NC1=O)C2. The lowest BCUT2D eigenvalue weighted by molar-refractivity contribution is -0.138. The molecule has 2 unspecified atom stereocenters. The average Bonchev–Trinajstić information content (AvgIpc) is 3.47. The second kappa shape index (κ2) is 14.2. The highest BCUT2D eigenvalue weighted by Gasteiger charge is 2.32. The van der Waals surface area contributed by atoms with Crippen LogP contribution in [0.2, 0.25) is 0 Å². The predicted molar refractivity (Wildman–Crippen MR) is 163 cm³/mol. The zero-order valence-electron chi connectivity index (χ0n) is 25.3. The summed E-state index contributed by atoms with van der Waals surface area (Å²) in [6.07, 6.45) is 5.70. The number of ether oxygens (including phenoxy) is 1. The van der Waals surface area contributed by atoms with E-state index in [-0.39, 0.29) is 24.8 Å². The van der Waals surface area contributed by atoms with Crippen LogP contribution in [0.4, 0.5) is 0 Å². The van der Waals surface area contributed by atoms with Gasteiger partial charge in [-0.05, 0) is 60.9 Å². The Kier molecular flexibility index (Phi) is 9.93. The number of nitrogens with zero attached hydrogens (tertiary/aromatic N) is 3. The Morgan fingerprint density at radius 3 is 2.70 bits per heavy atom. The molecule has 3 heterocycles. The predicted octanol–water partition coefficient (Wildman–Crippen LogP) is 2.63. The Hall–Kier alpha value is -4.67. The molecular weight excluding hydrogens is 560 g/mol. The van der Waals surface area contributed by atoms with Gasteiger partial charge in [0, 0.05) is 38.3 Å². The van der Waals surface area contributed by atoms with E-state index in [1.807, 2.05) is 55.5 Å². The van der Waals surface area contributed by atoms with Crippen LogP contribution < -0.4 is 20.7 Å². The van der Waals surface area contributed by atoms with E-state index in [9.17, 15) is 19.2 Å². The molecule has 2 aliphatic rings. The van der Waals surface area contributed by atoms with Gasteiger partial charge >= 0.3 is 0 Å². The van der Waals surface area contributed by atoms with Gasteiger partial charge in [-0.2, -0.15) is 5.10 Å². The van der Waals surface area contributed by atoms with Gasteiger partial charge in [-0.15, -0.1) is 0 Å². The van der Waals surface area contributed by atoms with Crippen molar-refractivity contribution in [2.75, 3.05) is 19.7 Å². The van der Waals surface area contributed by atoms with E-state index in [1.165, 1.54) is 6.92 Å². The third-order valence-electron chi connectivity index (χ3n) is 8.24. The Morgan fingerprint density at radius 2 is 1.91 bits per heavy atom. The molecule has 5 rings (SSSR count). The van der Waals surface area contributed by atoms with Crippen molar-refractivity contribution in [2.45, 2.75) is 64.7 Å². The number of carbonyl (C=O) groups is 4. The third kappa shape index (κ3) is 8.03. The van der Waals surface area contributed by atoms with Crippen LogP contribution >= 0.6 is 0 Å². The number of aryl methyl sites for hydroxylation is 1. The van der Waals surface area contributed by atoms with Crippen molar-refractivity contribution in [1.29, 1.82) is 0 Å². The standard InChI is InChI=1S/C33H40N6O5/c1-22-10-11-28-15-26(22)17-34-33(43)31(27-18-35-39(21-27)20-24-7-4-3-5-8-24)37-32(42)29(36-23(2)40)16-30(41)38-13-6-9-25(19-38)12-14-44-28/h3-5,7-8,10-11,15,18,21,25,29,31H,6,9,12-14,16-17,19-20H2,1-2H3,(H,34,43)(H,36,40)(H,37,42)/t25?,29-,31?/m0/s1. The fraction of sp³-hybridized carbons (Fsp3) is 0.424. The smallest absolute Gasteiger partial charge is 0.247 e. The van der Waals surface area contributed by atoms with Crippen LogP contribution in [-0.2, 0) is 32.3 Å². The van der Waals surface area contributed by atoms with Crippen molar-refractivity contribution in [3.63, 3.8) is 0 Å². The first-order chi connectivity index (χ1) is 21.2. The van der Waals surface area contributed by atoms with Crippen LogP contribution in [0.3, 0.4) is 0 Å². The van der Waals surface area contributed by atoms with E-state index in [0.29, 0.717) is 31.8 Å². The molecule has 3 N–H and O–H groups in total. The molecule has 2 aromatic carbocycles. The normalized spacial score (nSPS) is 21.7. The molecule has 0 radical (unpaired) electrons. The lowest BCUT2D eigenvalue weighted by atomic mass is 9.94. The number of rotatable bonds is 4. The summed E-state index contributed by atoms with van der Waals surface area (Å²) in [5, 5.41) is 12.8. The van der Waals surface area contributed by atoms with Crippen LogP contribution in [0.1, 0.15) is 60.9 Å². The van der Waals surface area contributed by atoms with E-state index in [0.717, 1.165) is 41.7 Å². The number of carbonyl (C=O) groups excluding carboxylic acids is 4. The van der Waals surface area contributed by atoms with Crippen LogP contribution in [0.25, 0.3) is 0 Å². The van der Waals surface area contributed by atoms with Crippen molar-refractivity contribution in [1.82, 2.24) is 30.6 Å². The first-order valence-electron chi connectivity index (χ1n) is 15.2. The van der Waals surface area contributed by atoms with E-state index < -0.39 is 29.8 Å². The second-order valence-corrected chi connectivity index (χ2v) is 11.6. The van der Waals surface area contributed by atoms with Crippen molar-refractivity contribution in [3.05, 3.63) is 83.2 Å². The summed E-state index contributed by atoms with van der Waals surface area (Å²) in [7, 11) is 0. The topological polar surface area (TPSA) is 135 Å². The monoisotopic (exact) mass is 600 g/mol. The molecule has 1 saturated heterocycles. The number of amides is 4. The number of fused-ring (bicyclic) bond motifs is 4. The molecule has 44 heavy (non-hydrogen) atoms. The Labute approximate surface area is 257 Å². The van der Waals surface area contributed by atoms with Gasteiger partial charge < -0.3 is 25.6 Å². The number of hydrogen-bond donors (Lipinski definition) is 3. The molecule has 232 valence electrons. The van der Waals surface area contributed by atoms with Gasteiger partial charge in [0.2, 0.25) is 23.6 Å². The van der Waals surface area contributed by atoms with Gasteiger partial charge in [0.25, 0.3) is 0 Å². The van der Waals surface area contributed by atoms with Crippen LogP contribution in [0, 0.1) is 12.8 Å². The molecule has 3 aromatic rings. The zero-order chi connectivity index (χ0) is 31.1. The number of piperidine rings is 1. The van der Waals surface area contributed by atoms with Gasteiger partial charge in [-0.3, -0.25) is 23.9 Å². The Morgan fingerprint density at radius 1 is 1.09 bits per heavy atom. The summed E-state index contributed by atoms with van der Waals surface area (Å²) in [6.45, 7) is 5.64. The van der Waals surface area contributed by atoms with Crippen LogP contribution in [0.15, 0.2) is 60.9 Å². The molecule has 0 spiro atoms. The molecule has 0 aliphatic carbocycles. The van der Waals surface area contributed by atoms with E-state index in [2.05, 4.69) is 21.0 Å². The molecule has 11 nitrogen and oxygen atoms in total. The van der Waals surface area contributed by atoms with E-state index >= 15 is 0 Å². The van der Waals surface area contributed by atoms with Gasteiger partial charge in [-0.1, -0.05) is 36.4 Å². The van der Waals surface area contributed by atoms with Crippen molar-refractivity contribution < 1.29 is 23.9 Å². The van der Waals surface area contributed by atoms with Crippen molar-refractivity contribution in [3.8, 4) is 5.75 Å². The highest BCUT2D eigenvalue weighted by Crippen LogP contribution is 2.23. The van der Waals surface area contributed by atoms with Crippen molar-refractivity contribution >= 4 is 23.6 Å². The maximum absolute atomic E-state index is 13.7. The summed E-state index contributed by atoms with van der Waals surface area (Å²) in [5.74, 6) is -0.733. The molecule has 2 aliphatic heterocycles. The Bertz CT molecular complexity index is 1490. The number of benzene rings is 2. The molecular formula is C33H40N6O5. The van der Waals surface area contributed by atoms with Gasteiger partial charge in [0.15, 0.2) is 0 Å². The molecule has 1 fully saturated rings. The molecule has 4 amide bonds. The van der Waals surface area contributed by atoms with Crippen LogP contribution in [-0.4, -0.2) is 64.0 Å². The molecule has 3 atom stereocenters. The van der Waals surface area contributed by atoms with Crippen molar-refractivity contribution in [2.24, 2.45) is 5.92 Å². The largest absolute Gasteiger partial charge is 0.494 e. The minimum absolute atomic E-state index is 0.208. The lowest BCUT2D eigenvalue weighted by Gasteiger charge is -2.34. The Balaban J connectivity index is 1.44. The van der Waals surface area contributed by atoms with Gasteiger partial charge in [0.05, 0.1) is 25.8 Å². The van der Waals surface area contributed by atoms with E-state index in [4.69, 9.17) is 4.74 Å². The molecule has 11 heteroatoms. The first-order valence-corrected chi connectivity index (χ1v) is 15.2. The van der Waals surface area contributed by atoms with Gasteiger partial charge in [-0.25, -0.2) is 0 Å². The molecule has 1 aromatic heterocycles. The van der Waals surface area contributed by atoms with Crippen LogP contribution in [0.5, 0.6) is 5.75 Å². The number of hydrogen-bond acceptors (Lipinski definition) is 6. The maximum Gasteiger partial charge on any atom is 0.247 e. The molecule has 0 saturated carbocycles. The number of aromatic nitrogens is 2.